The predicted molar refractivity (Wildman–Crippen MR) is 104 cm³/mol. The summed E-state index contributed by atoms with van der Waals surface area (Å²) in [5, 5.41) is 3.03. The number of likely N-dealkylation sites (tertiary alicyclic amines) is 1. The summed E-state index contributed by atoms with van der Waals surface area (Å²) >= 11 is 5.60. The average Bonchev–Trinajstić information content (AvgIpc) is 2.65. The van der Waals surface area contributed by atoms with Gasteiger partial charge in [0, 0.05) is 37.9 Å². The fourth-order valence-corrected chi connectivity index (χ4v) is 3.22. The molecular formula is C20H29ClN2O3. The molecule has 1 fully saturated rings. The van der Waals surface area contributed by atoms with Crippen molar-refractivity contribution in [3.05, 3.63) is 29.8 Å². The Labute approximate surface area is 161 Å². The Morgan fingerprint density at radius 3 is 2.62 bits per heavy atom. The van der Waals surface area contributed by atoms with Crippen molar-refractivity contribution < 1.29 is 14.3 Å². The number of hydrogen-bond donors (Lipinski definition) is 1. The second-order valence-electron chi connectivity index (χ2n) is 6.73. The van der Waals surface area contributed by atoms with Crippen LogP contribution < -0.4 is 10.1 Å². The van der Waals surface area contributed by atoms with Crippen LogP contribution in [0, 0.1) is 6.92 Å². The molecular weight excluding hydrogens is 352 g/mol. The monoisotopic (exact) mass is 380 g/mol. The number of rotatable bonds is 9. The van der Waals surface area contributed by atoms with Crippen LogP contribution in [0.1, 0.15) is 44.1 Å². The van der Waals surface area contributed by atoms with Gasteiger partial charge in [0.15, 0.2) is 0 Å². The van der Waals surface area contributed by atoms with Crippen LogP contribution in [0.15, 0.2) is 24.3 Å². The number of halogens is 1. The van der Waals surface area contributed by atoms with Gasteiger partial charge in [0.05, 0.1) is 6.61 Å². The van der Waals surface area contributed by atoms with E-state index in [0.717, 1.165) is 24.2 Å². The van der Waals surface area contributed by atoms with Crippen LogP contribution in [0.25, 0.3) is 0 Å². The molecule has 0 atom stereocenters. The third-order valence-electron chi connectivity index (χ3n) is 4.64. The van der Waals surface area contributed by atoms with Gasteiger partial charge in [-0.15, -0.1) is 11.6 Å². The standard InChI is InChI=1S/C20H29ClN2O3/c1-16-6-2-3-7-18(16)26-15-5-9-20(25)23-13-10-17(11-14-23)22-19(24)8-4-12-21/h2-3,6-7,17H,4-5,8-15H2,1H3,(H,22,24). The van der Waals surface area contributed by atoms with Gasteiger partial charge >= 0.3 is 0 Å². The van der Waals surface area contributed by atoms with E-state index < -0.39 is 0 Å². The van der Waals surface area contributed by atoms with E-state index in [1.807, 2.05) is 36.1 Å². The Morgan fingerprint density at radius 2 is 1.92 bits per heavy atom. The second kappa shape index (κ2) is 11.1. The molecule has 2 amide bonds. The van der Waals surface area contributed by atoms with Gasteiger partial charge in [-0.3, -0.25) is 9.59 Å². The number of amides is 2. The van der Waals surface area contributed by atoms with Gasteiger partial charge in [0.25, 0.3) is 0 Å². The molecule has 1 saturated heterocycles. The summed E-state index contributed by atoms with van der Waals surface area (Å²) in [6.45, 7) is 3.97. The number of aryl methyl sites for hydroxylation is 1. The Kier molecular flexibility index (Phi) is 8.75. The van der Waals surface area contributed by atoms with Crippen molar-refractivity contribution in [3.8, 4) is 5.75 Å². The van der Waals surface area contributed by atoms with Crippen LogP contribution in [0.4, 0.5) is 0 Å². The molecule has 0 unspecified atom stereocenters. The first-order valence-electron chi connectivity index (χ1n) is 9.41. The highest BCUT2D eigenvalue weighted by molar-refractivity contribution is 6.17. The van der Waals surface area contributed by atoms with Gasteiger partial charge in [-0.2, -0.15) is 0 Å². The van der Waals surface area contributed by atoms with Crippen molar-refractivity contribution in [1.82, 2.24) is 10.2 Å². The molecule has 0 bridgehead atoms. The van der Waals surface area contributed by atoms with Gasteiger partial charge in [-0.05, 0) is 44.2 Å². The van der Waals surface area contributed by atoms with Crippen LogP contribution in [-0.2, 0) is 9.59 Å². The lowest BCUT2D eigenvalue weighted by molar-refractivity contribution is -0.132. The van der Waals surface area contributed by atoms with Crippen molar-refractivity contribution in [2.75, 3.05) is 25.6 Å². The molecule has 2 rings (SSSR count). The first kappa shape index (κ1) is 20.6. The summed E-state index contributed by atoms with van der Waals surface area (Å²) in [6.07, 6.45) is 4.02. The topological polar surface area (TPSA) is 58.6 Å². The number of carbonyl (C=O) groups excluding carboxylic acids is 2. The van der Waals surface area contributed by atoms with Crippen molar-refractivity contribution in [3.63, 3.8) is 0 Å². The number of benzene rings is 1. The Morgan fingerprint density at radius 1 is 1.19 bits per heavy atom. The predicted octanol–water partition coefficient (Wildman–Crippen LogP) is 3.28. The molecule has 1 aromatic carbocycles. The highest BCUT2D eigenvalue weighted by atomic mass is 35.5. The minimum atomic E-state index is 0.0591. The van der Waals surface area contributed by atoms with Crippen LogP contribution in [0.3, 0.4) is 0 Å². The van der Waals surface area contributed by atoms with E-state index in [1.165, 1.54) is 0 Å². The number of nitrogens with one attached hydrogen (secondary N) is 1. The molecule has 1 N–H and O–H groups in total. The maximum Gasteiger partial charge on any atom is 0.222 e. The summed E-state index contributed by atoms with van der Waals surface area (Å²) in [5.74, 6) is 1.62. The molecule has 1 heterocycles. The number of ether oxygens (including phenoxy) is 1. The molecule has 0 saturated carbocycles. The van der Waals surface area contributed by atoms with Crippen LogP contribution in [0.5, 0.6) is 5.75 Å². The lowest BCUT2D eigenvalue weighted by atomic mass is 10.0. The highest BCUT2D eigenvalue weighted by Crippen LogP contribution is 2.17. The molecule has 0 aliphatic carbocycles. The lowest BCUT2D eigenvalue weighted by Gasteiger charge is -2.32. The summed E-state index contributed by atoms with van der Waals surface area (Å²) in [5.41, 5.74) is 1.11. The summed E-state index contributed by atoms with van der Waals surface area (Å²) in [7, 11) is 0. The summed E-state index contributed by atoms with van der Waals surface area (Å²) in [4.78, 5) is 25.9. The fourth-order valence-electron chi connectivity index (χ4n) is 3.08. The van der Waals surface area contributed by atoms with Crippen molar-refractivity contribution in [2.45, 2.75) is 51.5 Å². The quantitative estimate of drug-likeness (QED) is 0.528. The molecule has 0 aromatic heterocycles. The molecule has 144 valence electrons. The van der Waals surface area contributed by atoms with E-state index in [1.54, 1.807) is 0 Å². The van der Waals surface area contributed by atoms with Crippen LogP contribution >= 0.6 is 11.6 Å². The number of alkyl halides is 1. The van der Waals surface area contributed by atoms with Crippen molar-refractivity contribution >= 4 is 23.4 Å². The maximum absolute atomic E-state index is 12.3. The normalized spacial score (nSPS) is 14.9. The van der Waals surface area contributed by atoms with Crippen molar-refractivity contribution in [2.24, 2.45) is 0 Å². The number of carbonyl (C=O) groups is 2. The van der Waals surface area contributed by atoms with Gasteiger partial charge in [0.2, 0.25) is 11.8 Å². The fraction of sp³-hybridized carbons (Fsp3) is 0.600. The molecule has 1 aromatic rings. The highest BCUT2D eigenvalue weighted by Gasteiger charge is 2.23. The van der Waals surface area contributed by atoms with E-state index in [0.29, 0.717) is 51.3 Å². The van der Waals surface area contributed by atoms with Crippen molar-refractivity contribution in [1.29, 1.82) is 0 Å². The number of para-hydroxylation sites is 1. The second-order valence-corrected chi connectivity index (χ2v) is 7.11. The van der Waals surface area contributed by atoms with E-state index >= 15 is 0 Å². The van der Waals surface area contributed by atoms with E-state index in [2.05, 4.69) is 5.32 Å². The zero-order valence-corrected chi connectivity index (χ0v) is 16.3. The third kappa shape index (κ3) is 6.87. The SMILES string of the molecule is Cc1ccccc1OCCCC(=O)N1CCC(NC(=O)CCCCl)CC1. The molecule has 5 nitrogen and oxygen atoms in total. The largest absolute Gasteiger partial charge is 0.493 e. The van der Waals surface area contributed by atoms with Gasteiger partial charge in [-0.25, -0.2) is 0 Å². The zero-order chi connectivity index (χ0) is 18.8. The molecule has 6 heteroatoms. The lowest BCUT2D eigenvalue weighted by Crippen LogP contribution is -2.46. The molecule has 0 spiro atoms. The Balaban J connectivity index is 1.61. The maximum atomic E-state index is 12.3. The number of piperidine rings is 1. The molecule has 1 aliphatic rings. The first-order valence-corrected chi connectivity index (χ1v) is 9.95. The molecule has 26 heavy (non-hydrogen) atoms. The Bertz CT molecular complexity index is 586. The van der Waals surface area contributed by atoms with Gasteiger partial charge < -0.3 is 15.0 Å². The van der Waals surface area contributed by atoms with E-state index in [4.69, 9.17) is 16.3 Å². The van der Waals surface area contributed by atoms with E-state index in [-0.39, 0.29) is 17.9 Å². The van der Waals surface area contributed by atoms with Gasteiger partial charge in [-0.1, -0.05) is 18.2 Å². The van der Waals surface area contributed by atoms with Gasteiger partial charge in [0.1, 0.15) is 5.75 Å². The Hall–Kier alpha value is -1.75. The number of hydrogen-bond acceptors (Lipinski definition) is 3. The zero-order valence-electron chi connectivity index (χ0n) is 15.5. The third-order valence-corrected chi connectivity index (χ3v) is 4.90. The molecule has 1 aliphatic heterocycles. The minimum Gasteiger partial charge on any atom is -0.493 e. The average molecular weight is 381 g/mol. The summed E-state index contributed by atoms with van der Waals surface area (Å²) in [6, 6.07) is 8.07. The van der Waals surface area contributed by atoms with E-state index in [9.17, 15) is 9.59 Å². The summed E-state index contributed by atoms with van der Waals surface area (Å²) < 4.78 is 5.74. The van der Waals surface area contributed by atoms with Crippen LogP contribution in [-0.4, -0.2) is 48.3 Å². The smallest absolute Gasteiger partial charge is 0.222 e. The first-order chi connectivity index (χ1) is 12.6. The molecule has 0 radical (unpaired) electrons. The minimum absolute atomic E-state index is 0.0591. The van der Waals surface area contributed by atoms with Crippen LogP contribution in [0.2, 0.25) is 0 Å². The number of nitrogens with zero attached hydrogens (tertiary/aromatic N) is 1.